The maximum Gasteiger partial charge on any atom is 0.287 e. The average Bonchev–Trinajstić information content (AvgIpc) is 3.09. The van der Waals surface area contributed by atoms with E-state index in [9.17, 15) is 4.79 Å². The molecule has 4 rings (SSSR count). The standard InChI is InChI=1S/C25H27N5O/c1-17-10-12-18(13-11-17)20-16-21-23(27-22(20)19-8-6-5-7-9-19)28-24(30(21)4)25(31)26-14-15-29(2)3/h5-13,16H,14-15H2,1-4H3,(H,26,31). The van der Waals surface area contributed by atoms with Crippen molar-refractivity contribution in [2.75, 3.05) is 27.2 Å². The molecule has 2 aromatic heterocycles. The molecule has 0 unspecified atom stereocenters. The van der Waals surface area contributed by atoms with Crippen LogP contribution in [0.3, 0.4) is 0 Å². The molecule has 0 bridgehead atoms. The van der Waals surface area contributed by atoms with E-state index in [4.69, 9.17) is 4.98 Å². The average molecular weight is 414 g/mol. The lowest BCUT2D eigenvalue weighted by molar-refractivity contribution is 0.0938. The number of imidazole rings is 1. The summed E-state index contributed by atoms with van der Waals surface area (Å²) < 4.78 is 1.82. The molecule has 0 saturated heterocycles. The van der Waals surface area contributed by atoms with Gasteiger partial charge in [0, 0.05) is 31.3 Å². The van der Waals surface area contributed by atoms with E-state index in [1.54, 1.807) is 0 Å². The number of aryl methyl sites for hydroxylation is 2. The van der Waals surface area contributed by atoms with E-state index in [-0.39, 0.29) is 5.91 Å². The van der Waals surface area contributed by atoms with Gasteiger partial charge in [0.1, 0.15) is 0 Å². The van der Waals surface area contributed by atoms with E-state index < -0.39 is 0 Å². The van der Waals surface area contributed by atoms with Crippen LogP contribution in [0.5, 0.6) is 0 Å². The van der Waals surface area contributed by atoms with E-state index >= 15 is 0 Å². The fourth-order valence-electron chi connectivity index (χ4n) is 3.56. The number of carbonyl (C=O) groups is 1. The van der Waals surface area contributed by atoms with Crippen LogP contribution in [0.4, 0.5) is 0 Å². The Morgan fingerprint density at radius 1 is 1.00 bits per heavy atom. The molecule has 2 aromatic carbocycles. The van der Waals surface area contributed by atoms with Gasteiger partial charge < -0.3 is 14.8 Å². The maximum atomic E-state index is 12.7. The fourth-order valence-corrected chi connectivity index (χ4v) is 3.56. The van der Waals surface area contributed by atoms with Crippen molar-refractivity contribution < 1.29 is 4.79 Å². The lowest BCUT2D eigenvalue weighted by Gasteiger charge is -2.11. The van der Waals surface area contributed by atoms with Crippen LogP contribution in [-0.4, -0.2) is 52.5 Å². The second-order valence-electron chi connectivity index (χ2n) is 8.01. The molecule has 0 fully saturated rings. The van der Waals surface area contributed by atoms with Crippen LogP contribution >= 0.6 is 0 Å². The third kappa shape index (κ3) is 4.34. The zero-order valence-corrected chi connectivity index (χ0v) is 18.4. The van der Waals surface area contributed by atoms with Crippen LogP contribution in [0.25, 0.3) is 33.5 Å². The Hall–Kier alpha value is -3.51. The topological polar surface area (TPSA) is 63.1 Å². The highest BCUT2D eigenvalue weighted by Gasteiger charge is 2.19. The molecule has 6 nitrogen and oxygen atoms in total. The molecule has 0 spiro atoms. The number of aromatic nitrogens is 3. The summed E-state index contributed by atoms with van der Waals surface area (Å²) in [4.78, 5) is 24.2. The predicted octanol–water partition coefficient (Wildman–Crippen LogP) is 3.90. The minimum absolute atomic E-state index is 0.194. The number of nitrogens with one attached hydrogen (secondary N) is 1. The van der Waals surface area contributed by atoms with Gasteiger partial charge in [-0.05, 0) is 32.6 Å². The minimum atomic E-state index is -0.194. The number of hydrogen-bond acceptors (Lipinski definition) is 4. The summed E-state index contributed by atoms with van der Waals surface area (Å²) in [5.41, 5.74) is 6.56. The molecule has 0 radical (unpaired) electrons. The normalized spacial score (nSPS) is 11.3. The number of fused-ring (bicyclic) bond motifs is 1. The number of benzene rings is 2. The monoisotopic (exact) mass is 413 g/mol. The van der Waals surface area contributed by atoms with Gasteiger partial charge in [-0.3, -0.25) is 4.79 Å². The van der Waals surface area contributed by atoms with Gasteiger partial charge in [0.25, 0.3) is 5.91 Å². The van der Waals surface area contributed by atoms with Crippen LogP contribution in [0.2, 0.25) is 0 Å². The summed E-state index contributed by atoms with van der Waals surface area (Å²) in [5, 5.41) is 2.94. The summed E-state index contributed by atoms with van der Waals surface area (Å²) in [6.07, 6.45) is 0. The second-order valence-corrected chi connectivity index (χ2v) is 8.01. The summed E-state index contributed by atoms with van der Waals surface area (Å²) in [6.45, 7) is 3.40. The van der Waals surface area contributed by atoms with Crippen molar-refractivity contribution in [3.8, 4) is 22.4 Å². The molecule has 4 aromatic rings. The Morgan fingerprint density at radius 3 is 2.39 bits per heavy atom. The van der Waals surface area contributed by atoms with Crippen LogP contribution in [0.15, 0.2) is 60.7 Å². The second kappa shape index (κ2) is 8.70. The highest BCUT2D eigenvalue weighted by Crippen LogP contribution is 2.33. The molecule has 0 saturated carbocycles. The Bertz CT molecular complexity index is 1210. The van der Waals surface area contributed by atoms with Gasteiger partial charge in [0.15, 0.2) is 5.65 Å². The fraction of sp³-hybridized carbons (Fsp3) is 0.240. The number of hydrogen-bond donors (Lipinski definition) is 1. The number of nitrogens with zero attached hydrogens (tertiary/aromatic N) is 4. The lowest BCUT2D eigenvalue weighted by atomic mass is 9.98. The van der Waals surface area contributed by atoms with Gasteiger partial charge in [-0.15, -0.1) is 0 Å². The van der Waals surface area contributed by atoms with E-state index in [0.717, 1.165) is 34.4 Å². The molecule has 6 heteroatoms. The van der Waals surface area contributed by atoms with E-state index in [2.05, 4.69) is 47.6 Å². The van der Waals surface area contributed by atoms with Crippen molar-refractivity contribution in [3.63, 3.8) is 0 Å². The van der Waals surface area contributed by atoms with Crippen molar-refractivity contribution in [1.29, 1.82) is 0 Å². The van der Waals surface area contributed by atoms with Gasteiger partial charge in [-0.2, -0.15) is 0 Å². The first-order chi connectivity index (χ1) is 14.9. The highest BCUT2D eigenvalue weighted by molar-refractivity contribution is 5.96. The maximum absolute atomic E-state index is 12.7. The van der Waals surface area contributed by atoms with Crippen molar-refractivity contribution >= 4 is 17.1 Å². The molecular formula is C25H27N5O. The zero-order valence-electron chi connectivity index (χ0n) is 18.4. The predicted molar refractivity (Wildman–Crippen MR) is 125 cm³/mol. The molecule has 0 atom stereocenters. The van der Waals surface area contributed by atoms with Crippen molar-refractivity contribution in [1.82, 2.24) is 24.8 Å². The number of likely N-dealkylation sites (N-methyl/N-ethyl adjacent to an activating group) is 1. The molecule has 1 N–H and O–H groups in total. The van der Waals surface area contributed by atoms with E-state index in [1.165, 1.54) is 5.56 Å². The van der Waals surface area contributed by atoms with Gasteiger partial charge in [0.2, 0.25) is 5.82 Å². The Kier molecular flexibility index (Phi) is 5.82. The molecular weight excluding hydrogens is 386 g/mol. The highest BCUT2D eigenvalue weighted by atomic mass is 16.2. The summed E-state index contributed by atoms with van der Waals surface area (Å²) in [6, 6.07) is 20.6. The van der Waals surface area contributed by atoms with Gasteiger partial charge in [0.05, 0.1) is 11.2 Å². The van der Waals surface area contributed by atoms with Crippen molar-refractivity contribution in [2.24, 2.45) is 7.05 Å². The van der Waals surface area contributed by atoms with Gasteiger partial charge >= 0.3 is 0 Å². The number of carbonyl (C=O) groups excluding carboxylic acids is 1. The number of pyridine rings is 1. The molecule has 31 heavy (non-hydrogen) atoms. The third-order valence-electron chi connectivity index (χ3n) is 5.33. The lowest BCUT2D eigenvalue weighted by Crippen LogP contribution is -2.32. The van der Waals surface area contributed by atoms with E-state index in [1.807, 2.05) is 60.9 Å². The largest absolute Gasteiger partial charge is 0.348 e. The first kappa shape index (κ1) is 20.8. The summed E-state index contributed by atoms with van der Waals surface area (Å²) in [7, 11) is 5.81. The zero-order chi connectivity index (χ0) is 22.0. The molecule has 2 heterocycles. The van der Waals surface area contributed by atoms with Crippen LogP contribution in [0, 0.1) is 6.92 Å². The van der Waals surface area contributed by atoms with Gasteiger partial charge in [-0.1, -0.05) is 60.2 Å². The smallest absolute Gasteiger partial charge is 0.287 e. The number of rotatable bonds is 6. The molecule has 0 aliphatic heterocycles. The first-order valence-corrected chi connectivity index (χ1v) is 10.4. The third-order valence-corrected chi connectivity index (χ3v) is 5.33. The Morgan fingerprint density at radius 2 is 1.71 bits per heavy atom. The SMILES string of the molecule is Cc1ccc(-c2cc3c(nc2-c2ccccc2)nc(C(=O)NCCN(C)C)n3C)cc1. The quantitative estimate of drug-likeness (QED) is 0.521. The molecule has 0 aliphatic carbocycles. The molecule has 0 aliphatic rings. The van der Waals surface area contributed by atoms with Crippen LogP contribution in [0.1, 0.15) is 16.2 Å². The summed E-state index contributed by atoms with van der Waals surface area (Å²) in [5.74, 6) is 0.168. The van der Waals surface area contributed by atoms with Crippen LogP contribution < -0.4 is 5.32 Å². The number of amides is 1. The van der Waals surface area contributed by atoms with E-state index in [0.29, 0.717) is 18.0 Å². The molecule has 158 valence electrons. The Labute approximate surface area is 182 Å². The minimum Gasteiger partial charge on any atom is -0.348 e. The van der Waals surface area contributed by atoms with Gasteiger partial charge in [-0.25, -0.2) is 9.97 Å². The molecule has 1 amide bonds. The van der Waals surface area contributed by atoms with Crippen LogP contribution in [-0.2, 0) is 7.05 Å². The Balaban J connectivity index is 1.82. The summed E-state index contributed by atoms with van der Waals surface area (Å²) >= 11 is 0. The van der Waals surface area contributed by atoms with Crippen molar-refractivity contribution in [3.05, 3.63) is 72.1 Å². The first-order valence-electron chi connectivity index (χ1n) is 10.4. The van der Waals surface area contributed by atoms with Crippen molar-refractivity contribution in [2.45, 2.75) is 6.92 Å².